The van der Waals surface area contributed by atoms with Crippen LogP contribution >= 0.6 is 0 Å². The Bertz CT molecular complexity index is 980. The van der Waals surface area contributed by atoms with E-state index in [2.05, 4.69) is 11.4 Å². The minimum absolute atomic E-state index is 0.00809. The van der Waals surface area contributed by atoms with E-state index < -0.39 is 0 Å². The molecular weight excluding hydrogens is 402 g/mol. The number of nitrogens with zero attached hydrogens (tertiary/aromatic N) is 2. The van der Waals surface area contributed by atoms with Gasteiger partial charge >= 0.3 is 0 Å². The van der Waals surface area contributed by atoms with Crippen molar-refractivity contribution in [2.24, 2.45) is 0 Å². The fourth-order valence-electron chi connectivity index (χ4n) is 4.74. The molecule has 3 amide bonds. The van der Waals surface area contributed by atoms with E-state index in [1.54, 1.807) is 11.8 Å². The Hall–Kier alpha value is -3.15. The first-order valence-corrected chi connectivity index (χ1v) is 11.5. The zero-order valence-electron chi connectivity index (χ0n) is 18.7. The SMILES string of the molecule is CC(=O)N1CCc2ccccc2C1CC(=O)NCc1ccc(C(=O)N2CCCCC2)cc1. The maximum Gasteiger partial charge on any atom is 0.253 e. The minimum atomic E-state index is -0.234. The summed E-state index contributed by atoms with van der Waals surface area (Å²) in [4.78, 5) is 41.2. The highest BCUT2D eigenvalue weighted by Crippen LogP contribution is 2.32. The first-order valence-electron chi connectivity index (χ1n) is 11.5. The van der Waals surface area contributed by atoms with Gasteiger partial charge in [0.25, 0.3) is 5.91 Å². The van der Waals surface area contributed by atoms with Crippen molar-refractivity contribution in [3.8, 4) is 0 Å². The fraction of sp³-hybridized carbons (Fsp3) is 0.423. The van der Waals surface area contributed by atoms with Crippen LogP contribution in [0.1, 0.15) is 65.7 Å². The van der Waals surface area contributed by atoms with Crippen molar-refractivity contribution in [2.45, 2.75) is 51.6 Å². The lowest BCUT2D eigenvalue weighted by molar-refractivity contribution is -0.133. The van der Waals surface area contributed by atoms with Gasteiger partial charge in [-0.2, -0.15) is 0 Å². The molecule has 2 aromatic rings. The van der Waals surface area contributed by atoms with E-state index >= 15 is 0 Å². The molecule has 6 heteroatoms. The lowest BCUT2D eigenvalue weighted by Gasteiger charge is -2.36. The van der Waals surface area contributed by atoms with Gasteiger partial charge in [0.15, 0.2) is 0 Å². The van der Waals surface area contributed by atoms with E-state index in [0.717, 1.165) is 43.5 Å². The van der Waals surface area contributed by atoms with Crippen LogP contribution in [0.4, 0.5) is 0 Å². The maximum absolute atomic E-state index is 12.7. The van der Waals surface area contributed by atoms with Gasteiger partial charge in [-0.3, -0.25) is 14.4 Å². The van der Waals surface area contributed by atoms with Gasteiger partial charge in [-0.15, -0.1) is 0 Å². The molecule has 1 saturated heterocycles. The van der Waals surface area contributed by atoms with E-state index in [1.807, 2.05) is 47.4 Å². The summed E-state index contributed by atoms with van der Waals surface area (Å²) in [5, 5.41) is 2.98. The predicted molar refractivity (Wildman–Crippen MR) is 123 cm³/mol. The molecule has 32 heavy (non-hydrogen) atoms. The molecule has 0 aliphatic carbocycles. The van der Waals surface area contributed by atoms with Gasteiger partial charge in [0.05, 0.1) is 12.5 Å². The molecule has 2 aliphatic rings. The van der Waals surface area contributed by atoms with Crippen molar-refractivity contribution in [3.05, 3.63) is 70.8 Å². The Morgan fingerprint density at radius 3 is 2.38 bits per heavy atom. The molecule has 2 heterocycles. The van der Waals surface area contributed by atoms with E-state index in [0.29, 0.717) is 18.7 Å². The molecule has 0 spiro atoms. The minimum Gasteiger partial charge on any atom is -0.352 e. The molecule has 0 radical (unpaired) electrons. The topological polar surface area (TPSA) is 69.7 Å². The van der Waals surface area contributed by atoms with Gasteiger partial charge in [0.2, 0.25) is 11.8 Å². The zero-order chi connectivity index (χ0) is 22.5. The van der Waals surface area contributed by atoms with Crippen LogP contribution in [0.25, 0.3) is 0 Å². The highest BCUT2D eigenvalue weighted by atomic mass is 16.2. The highest BCUT2D eigenvalue weighted by Gasteiger charge is 2.30. The normalized spacial score (nSPS) is 18.1. The summed E-state index contributed by atoms with van der Waals surface area (Å²) in [5.41, 5.74) is 3.90. The van der Waals surface area contributed by atoms with E-state index in [4.69, 9.17) is 0 Å². The largest absolute Gasteiger partial charge is 0.352 e. The quantitative estimate of drug-likeness (QED) is 0.785. The van der Waals surface area contributed by atoms with Crippen LogP contribution in [-0.4, -0.2) is 47.2 Å². The number of carbonyl (C=O) groups is 3. The Kier molecular flexibility index (Phi) is 6.88. The number of benzene rings is 2. The molecule has 6 nitrogen and oxygen atoms in total. The van der Waals surface area contributed by atoms with Crippen molar-refractivity contribution in [2.75, 3.05) is 19.6 Å². The summed E-state index contributed by atoms with van der Waals surface area (Å²) in [6.07, 6.45) is 4.39. The Balaban J connectivity index is 1.35. The van der Waals surface area contributed by atoms with Crippen molar-refractivity contribution >= 4 is 17.7 Å². The monoisotopic (exact) mass is 433 g/mol. The van der Waals surface area contributed by atoms with Crippen LogP contribution in [0, 0.1) is 0 Å². The number of nitrogens with one attached hydrogen (secondary N) is 1. The Morgan fingerprint density at radius 2 is 1.66 bits per heavy atom. The van der Waals surface area contributed by atoms with Crippen LogP contribution in [0.15, 0.2) is 48.5 Å². The number of amides is 3. The molecule has 1 fully saturated rings. The van der Waals surface area contributed by atoms with E-state index in [-0.39, 0.29) is 30.2 Å². The number of likely N-dealkylation sites (tertiary alicyclic amines) is 1. The number of fused-ring (bicyclic) bond motifs is 1. The van der Waals surface area contributed by atoms with Gasteiger partial charge in [-0.25, -0.2) is 0 Å². The third-order valence-electron chi connectivity index (χ3n) is 6.53. The fourth-order valence-corrected chi connectivity index (χ4v) is 4.74. The number of piperidine rings is 1. The second-order valence-corrected chi connectivity index (χ2v) is 8.71. The first kappa shape index (κ1) is 22.1. The number of rotatable bonds is 5. The second kappa shape index (κ2) is 9.98. The molecule has 4 rings (SSSR count). The molecule has 1 atom stereocenters. The molecule has 2 aromatic carbocycles. The van der Waals surface area contributed by atoms with Gasteiger partial charge in [0, 0.05) is 38.7 Å². The summed E-state index contributed by atoms with van der Waals surface area (Å²) >= 11 is 0. The molecule has 0 aromatic heterocycles. The number of hydrogen-bond donors (Lipinski definition) is 1. The van der Waals surface area contributed by atoms with E-state index in [9.17, 15) is 14.4 Å². The number of carbonyl (C=O) groups excluding carboxylic acids is 3. The highest BCUT2D eigenvalue weighted by molar-refractivity contribution is 5.94. The van der Waals surface area contributed by atoms with Crippen molar-refractivity contribution in [1.82, 2.24) is 15.1 Å². The summed E-state index contributed by atoms with van der Waals surface area (Å²) < 4.78 is 0. The molecule has 168 valence electrons. The van der Waals surface area contributed by atoms with Crippen molar-refractivity contribution in [3.63, 3.8) is 0 Å². The smallest absolute Gasteiger partial charge is 0.253 e. The lowest BCUT2D eigenvalue weighted by Crippen LogP contribution is -2.41. The van der Waals surface area contributed by atoms with Crippen LogP contribution < -0.4 is 5.32 Å². The lowest BCUT2D eigenvalue weighted by atomic mass is 9.90. The molecule has 1 N–H and O–H groups in total. The van der Waals surface area contributed by atoms with Gasteiger partial charge in [-0.05, 0) is 54.5 Å². The van der Waals surface area contributed by atoms with Crippen molar-refractivity contribution in [1.29, 1.82) is 0 Å². The van der Waals surface area contributed by atoms with E-state index in [1.165, 1.54) is 12.0 Å². The van der Waals surface area contributed by atoms with Crippen LogP contribution in [0.5, 0.6) is 0 Å². The van der Waals surface area contributed by atoms with Gasteiger partial charge in [0.1, 0.15) is 0 Å². The van der Waals surface area contributed by atoms with Crippen LogP contribution in [0.3, 0.4) is 0 Å². The van der Waals surface area contributed by atoms with Crippen LogP contribution in [0.2, 0.25) is 0 Å². The molecule has 0 saturated carbocycles. The summed E-state index contributed by atoms with van der Waals surface area (Å²) in [5.74, 6) is -0.0155. The Morgan fingerprint density at radius 1 is 0.938 bits per heavy atom. The second-order valence-electron chi connectivity index (χ2n) is 8.71. The Labute approximate surface area is 189 Å². The molecule has 1 unspecified atom stereocenters. The maximum atomic E-state index is 12.7. The third-order valence-corrected chi connectivity index (χ3v) is 6.53. The van der Waals surface area contributed by atoms with Crippen molar-refractivity contribution < 1.29 is 14.4 Å². The average molecular weight is 434 g/mol. The van der Waals surface area contributed by atoms with Gasteiger partial charge < -0.3 is 15.1 Å². The molecule has 2 aliphatic heterocycles. The summed E-state index contributed by atoms with van der Waals surface area (Å²) in [7, 11) is 0. The standard InChI is InChI=1S/C26H31N3O3/c1-19(30)29-16-13-21-7-3-4-8-23(21)24(29)17-25(31)27-18-20-9-11-22(12-10-20)26(32)28-14-5-2-6-15-28/h3-4,7-12,24H,2,5-6,13-18H2,1H3,(H,27,31). The summed E-state index contributed by atoms with van der Waals surface area (Å²) in [6, 6.07) is 15.3. The summed E-state index contributed by atoms with van der Waals surface area (Å²) in [6.45, 7) is 4.25. The average Bonchev–Trinajstić information content (AvgIpc) is 2.83. The molecular formula is C26H31N3O3. The molecule has 0 bridgehead atoms. The van der Waals surface area contributed by atoms with Crippen LogP contribution in [-0.2, 0) is 22.6 Å². The van der Waals surface area contributed by atoms with Gasteiger partial charge in [-0.1, -0.05) is 36.4 Å². The third kappa shape index (κ3) is 5.01. The first-order chi connectivity index (χ1) is 15.5. The zero-order valence-corrected chi connectivity index (χ0v) is 18.7. The predicted octanol–water partition coefficient (Wildman–Crippen LogP) is 3.46. The number of hydrogen-bond acceptors (Lipinski definition) is 3.